The van der Waals surface area contributed by atoms with Gasteiger partial charge in [0.05, 0.1) is 19.6 Å². The van der Waals surface area contributed by atoms with Crippen molar-refractivity contribution in [3.05, 3.63) is 72.3 Å². The van der Waals surface area contributed by atoms with Crippen molar-refractivity contribution in [2.24, 2.45) is 5.92 Å². The Hall–Kier alpha value is -3.87. The van der Waals surface area contributed by atoms with E-state index in [9.17, 15) is 14.4 Å². The third kappa shape index (κ3) is 7.07. The average Bonchev–Trinajstić information content (AvgIpc) is 2.82. The largest absolute Gasteiger partial charge is 0.494 e. The van der Waals surface area contributed by atoms with Gasteiger partial charge in [-0.05, 0) is 53.4 Å². The summed E-state index contributed by atoms with van der Waals surface area (Å²) in [4.78, 5) is 37.6. The minimum atomic E-state index is -0.744. The molecule has 0 spiro atoms. The molecule has 0 saturated heterocycles. The number of hydrogen-bond acceptors (Lipinski definition) is 4. The molecule has 3 aromatic carbocycles. The molecule has 0 heterocycles. The summed E-state index contributed by atoms with van der Waals surface area (Å²) in [6.07, 6.45) is 0.166. The van der Waals surface area contributed by atoms with Crippen LogP contribution >= 0.6 is 0 Å². The lowest BCUT2D eigenvalue weighted by Crippen LogP contribution is -2.51. The van der Waals surface area contributed by atoms with E-state index in [1.54, 1.807) is 24.3 Å². The molecule has 0 aliphatic heterocycles. The van der Waals surface area contributed by atoms with Gasteiger partial charge in [0.1, 0.15) is 11.8 Å². The van der Waals surface area contributed by atoms with E-state index in [0.29, 0.717) is 18.0 Å². The standard InChI is InChI=1S/C27H31N3O4/c1-4-34-23-13-11-22(12-14-23)29-25(32)17-28-27(33)26(18(2)3)30-24(31)16-19-9-10-20-7-5-6-8-21(20)15-19/h5-15,18,26H,4,16-17H2,1-3H3,(H,28,33)(H,29,32)(H,30,31). The highest BCUT2D eigenvalue weighted by molar-refractivity contribution is 5.96. The predicted molar refractivity (Wildman–Crippen MR) is 134 cm³/mol. The van der Waals surface area contributed by atoms with E-state index in [0.717, 1.165) is 16.3 Å². The predicted octanol–water partition coefficient (Wildman–Crippen LogP) is 3.68. The summed E-state index contributed by atoms with van der Waals surface area (Å²) in [5, 5.41) is 10.3. The van der Waals surface area contributed by atoms with Crippen molar-refractivity contribution in [2.45, 2.75) is 33.2 Å². The van der Waals surface area contributed by atoms with Gasteiger partial charge in [-0.25, -0.2) is 0 Å². The van der Waals surface area contributed by atoms with Gasteiger partial charge in [0.15, 0.2) is 0 Å². The van der Waals surface area contributed by atoms with Gasteiger partial charge in [-0.1, -0.05) is 56.3 Å². The maximum Gasteiger partial charge on any atom is 0.243 e. The molecule has 3 amide bonds. The molecule has 0 fully saturated rings. The van der Waals surface area contributed by atoms with Crippen molar-refractivity contribution in [1.82, 2.24) is 10.6 Å². The second kappa shape index (κ2) is 11.8. The molecule has 1 atom stereocenters. The summed E-state index contributed by atoms with van der Waals surface area (Å²) < 4.78 is 5.38. The van der Waals surface area contributed by atoms with E-state index < -0.39 is 11.9 Å². The summed E-state index contributed by atoms with van der Waals surface area (Å²) in [6.45, 7) is 5.96. The number of ether oxygens (including phenoxy) is 1. The number of amides is 3. The van der Waals surface area contributed by atoms with Crippen LogP contribution in [-0.4, -0.2) is 36.9 Å². The number of anilines is 1. The first-order chi connectivity index (χ1) is 16.4. The summed E-state index contributed by atoms with van der Waals surface area (Å²) in [7, 11) is 0. The number of fused-ring (bicyclic) bond motifs is 1. The van der Waals surface area contributed by atoms with Crippen LogP contribution in [0.3, 0.4) is 0 Å². The third-order valence-electron chi connectivity index (χ3n) is 5.32. The van der Waals surface area contributed by atoms with Crippen LogP contribution in [0.15, 0.2) is 66.7 Å². The Morgan fingerprint density at radius 3 is 2.26 bits per heavy atom. The van der Waals surface area contributed by atoms with Gasteiger partial charge in [0.2, 0.25) is 17.7 Å². The molecule has 0 radical (unpaired) electrons. The Morgan fingerprint density at radius 1 is 0.882 bits per heavy atom. The zero-order chi connectivity index (χ0) is 24.5. The maximum absolute atomic E-state index is 12.7. The minimum absolute atomic E-state index is 0.144. The van der Waals surface area contributed by atoms with Gasteiger partial charge in [0.25, 0.3) is 0 Å². The molecule has 3 N–H and O–H groups in total. The third-order valence-corrected chi connectivity index (χ3v) is 5.32. The smallest absolute Gasteiger partial charge is 0.243 e. The van der Waals surface area contributed by atoms with E-state index in [1.165, 1.54) is 0 Å². The molecule has 0 aromatic heterocycles. The molecule has 178 valence electrons. The molecule has 0 aliphatic rings. The monoisotopic (exact) mass is 461 g/mol. The highest BCUT2D eigenvalue weighted by Gasteiger charge is 2.24. The van der Waals surface area contributed by atoms with Crippen LogP contribution in [0.2, 0.25) is 0 Å². The zero-order valence-electron chi connectivity index (χ0n) is 19.8. The van der Waals surface area contributed by atoms with Crippen molar-refractivity contribution in [1.29, 1.82) is 0 Å². The second-order valence-corrected chi connectivity index (χ2v) is 8.37. The molecule has 0 bridgehead atoms. The fourth-order valence-corrected chi connectivity index (χ4v) is 3.58. The van der Waals surface area contributed by atoms with Crippen LogP contribution < -0.4 is 20.7 Å². The molecular formula is C27H31N3O4. The highest BCUT2D eigenvalue weighted by Crippen LogP contribution is 2.17. The van der Waals surface area contributed by atoms with Gasteiger partial charge in [-0.2, -0.15) is 0 Å². The van der Waals surface area contributed by atoms with E-state index in [2.05, 4.69) is 16.0 Å². The first kappa shape index (κ1) is 24.8. The number of hydrogen-bond donors (Lipinski definition) is 3. The van der Waals surface area contributed by atoms with E-state index in [1.807, 2.05) is 63.2 Å². The van der Waals surface area contributed by atoms with Crippen LogP contribution in [0, 0.1) is 5.92 Å². The van der Waals surface area contributed by atoms with E-state index in [4.69, 9.17) is 4.74 Å². The Balaban J connectivity index is 1.51. The Kier molecular flexibility index (Phi) is 8.62. The number of benzene rings is 3. The molecule has 7 nitrogen and oxygen atoms in total. The van der Waals surface area contributed by atoms with Gasteiger partial charge < -0.3 is 20.7 Å². The lowest BCUT2D eigenvalue weighted by Gasteiger charge is -2.21. The molecule has 3 aromatic rings. The van der Waals surface area contributed by atoms with Crippen LogP contribution in [0.25, 0.3) is 10.8 Å². The van der Waals surface area contributed by atoms with Crippen molar-refractivity contribution < 1.29 is 19.1 Å². The second-order valence-electron chi connectivity index (χ2n) is 8.37. The molecule has 34 heavy (non-hydrogen) atoms. The minimum Gasteiger partial charge on any atom is -0.494 e. The first-order valence-electron chi connectivity index (χ1n) is 11.4. The molecule has 0 saturated carbocycles. The Bertz CT molecular complexity index is 1140. The van der Waals surface area contributed by atoms with Gasteiger partial charge >= 0.3 is 0 Å². The summed E-state index contributed by atoms with van der Waals surface area (Å²) in [5.74, 6) is -0.433. The summed E-state index contributed by atoms with van der Waals surface area (Å²) >= 11 is 0. The molecule has 7 heteroatoms. The van der Waals surface area contributed by atoms with Crippen molar-refractivity contribution in [2.75, 3.05) is 18.5 Å². The lowest BCUT2D eigenvalue weighted by atomic mass is 10.0. The molecule has 0 aliphatic carbocycles. The topological polar surface area (TPSA) is 96.5 Å². The summed E-state index contributed by atoms with van der Waals surface area (Å²) in [5.41, 5.74) is 1.47. The molecule has 3 rings (SSSR count). The summed E-state index contributed by atoms with van der Waals surface area (Å²) in [6, 6.07) is 20.1. The van der Waals surface area contributed by atoms with Gasteiger partial charge in [-0.15, -0.1) is 0 Å². The van der Waals surface area contributed by atoms with Crippen LogP contribution in [0.1, 0.15) is 26.3 Å². The Morgan fingerprint density at radius 2 is 1.59 bits per heavy atom. The normalized spacial score (nSPS) is 11.6. The van der Waals surface area contributed by atoms with Gasteiger partial charge in [-0.3, -0.25) is 14.4 Å². The zero-order valence-corrected chi connectivity index (χ0v) is 19.8. The van der Waals surface area contributed by atoms with E-state index in [-0.39, 0.29) is 30.7 Å². The quantitative estimate of drug-likeness (QED) is 0.429. The van der Waals surface area contributed by atoms with Crippen molar-refractivity contribution >= 4 is 34.2 Å². The van der Waals surface area contributed by atoms with Crippen LogP contribution in [-0.2, 0) is 20.8 Å². The van der Waals surface area contributed by atoms with Crippen molar-refractivity contribution in [3.63, 3.8) is 0 Å². The van der Waals surface area contributed by atoms with Crippen LogP contribution in [0.4, 0.5) is 5.69 Å². The maximum atomic E-state index is 12.7. The number of rotatable bonds is 10. The van der Waals surface area contributed by atoms with E-state index >= 15 is 0 Å². The average molecular weight is 462 g/mol. The Labute approximate surface area is 199 Å². The van der Waals surface area contributed by atoms with Crippen molar-refractivity contribution in [3.8, 4) is 5.75 Å². The SMILES string of the molecule is CCOc1ccc(NC(=O)CNC(=O)C(NC(=O)Cc2ccc3ccccc3c2)C(C)C)cc1. The number of nitrogens with one attached hydrogen (secondary N) is 3. The highest BCUT2D eigenvalue weighted by atomic mass is 16.5. The fourth-order valence-electron chi connectivity index (χ4n) is 3.58. The van der Waals surface area contributed by atoms with Gasteiger partial charge in [0, 0.05) is 5.69 Å². The first-order valence-corrected chi connectivity index (χ1v) is 11.4. The lowest BCUT2D eigenvalue weighted by molar-refractivity contribution is -0.130. The van der Waals surface area contributed by atoms with Crippen LogP contribution in [0.5, 0.6) is 5.75 Å². The molecular weight excluding hydrogens is 430 g/mol. The fraction of sp³-hybridized carbons (Fsp3) is 0.296. The number of carbonyl (C=O) groups is 3. The molecule has 1 unspecified atom stereocenters. The number of carbonyl (C=O) groups excluding carboxylic acids is 3.